The quantitative estimate of drug-likeness (QED) is 0.576. The maximum absolute atomic E-state index is 13.8. The van der Waals surface area contributed by atoms with Crippen molar-refractivity contribution in [1.29, 1.82) is 0 Å². The molecule has 0 saturated carbocycles. The molecular weight excluding hydrogens is 337 g/mol. The molecule has 21 heavy (non-hydrogen) atoms. The first-order valence-corrected chi connectivity index (χ1v) is 7.42. The topological polar surface area (TPSA) is 0 Å². The first-order chi connectivity index (χ1) is 9.70. The van der Waals surface area contributed by atoms with Crippen molar-refractivity contribution in [2.75, 3.05) is 0 Å². The van der Waals surface area contributed by atoms with Crippen molar-refractivity contribution < 1.29 is 8.78 Å². The lowest BCUT2D eigenvalue weighted by molar-refractivity contribution is 0.609. The third-order valence-electron chi connectivity index (χ3n) is 3.39. The lowest BCUT2D eigenvalue weighted by atomic mass is 9.91. The molecule has 0 aliphatic carbocycles. The molecule has 0 heterocycles. The van der Waals surface area contributed by atoms with E-state index in [1.54, 1.807) is 38.1 Å². The van der Waals surface area contributed by atoms with E-state index in [-0.39, 0.29) is 11.6 Å². The van der Waals surface area contributed by atoms with Crippen molar-refractivity contribution in [3.8, 4) is 0 Å². The molecule has 0 aliphatic rings. The van der Waals surface area contributed by atoms with E-state index >= 15 is 0 Å². The van der Waals surface area contributed by atoms with E-state index in [0.717, 1.165) is 0 Å². The zero-order chi connectivity index (χ0) is 15.8. The molecule has 0 atom stereocenters. The summed E-state index contributed by atoms with van der Waals surface area (Å²) in [5, 5.41) is 0. The molecule has 0 nitrogen and oxygen atoms in total. The Hall–Kier alpha value is -0.830. The molecule has 2 aromatic rings. The fraction of sp³-hybridized carbons (Fsp3) is 0.250. The Morgan fingerprint density at radius 2 is 1.19 bits per heavy atom. The minimum absolute atomic E-state index is 0.390. The Morgan fingerprint density at radius 1 is 0.810 bits per heavy atom. The summed E-state index contributed by atoms with van der Waals surface area (Å²) in [6.07, 6.45) is 0. The van der Waals surface area contributed by atoms with Crippen LogP contribution in [0.1, 0.15) is 28.2 Å². The number of aryl methyl sites for hydroxylation is 2. The predicted octanol–water partition coefficient (Wildman–Crippen LogP) is 6.08. The predicted molar refractivity (Wildman–Crippen MR) is 84.4 cm³/mol. The molecule has 0 radical (unpaired) electrons. The van der Waals surface area contributed by atoms with Gasteiger partial charge in [0.2, 0.25) is 3.79 Å². The van der Waals surface area contributed by atoms with Gasteiger partial charge in [-0.3, -0.25) is 0 Å². The highest BCUT2D eigenvalue weighted by Crippen LogP contribution is 2.46. The van der Waals surface area contributed by atoms with Gasteiger partial charge in [-0.15, -0.1) is 0 Å². The summed E-state index contributed by atoms with van der Waals surface area (Å²) in [5.41, 5.74) is 1.97. The van der Waals surface area contributed by atoms with Crippen molar-refractivity contribution in [3.05, 3.63) is 70.3 Å². The van der Waals surface area contributed by atoms with E-state index < -0.39 is 9.71 Å². The molecule has 5 heteroatoms. The summed E-state index contributed by atoms with van der Waals surface area (Å²) in [6.45, 7) is 3.30. The molecular formula is C16H13Cl3F2. The van der Waals surface area contributed by atoms with Gasteiger partial charge in [0.15, 0.2) is 0 Å². The highest BCUT2D eigenvalue weighted by molar-refractivity contribution is 6.68. The Labute approximate surface area is 137 Å². The van der Waals surface area contributed by atoms with Crippen molar-refractivity contribution in [2.45, 2.75) is 23.6 Å². The molecule has 112 valence electrons. The summed E-state index contributed by atoms with van der Waals surface area (Å²) in [5.74, 6) is -1.54. The zero-order valence-electron chi connectivity index (χ0n) is 11.4. The number of alkyl halides is 3. The van der Waals surface area contributed by atoms with Gasteiger partial charge in [-0.05, 0) is 48.2 Å². The molecule has 0 fully saturated rings. The van der Waals surface area contributed by atoms with Gasteiger partial charge in [0.1, 0.15) is 11.6 Å². The summed E-state index contributed by atoms with van der Waals surface area (Å²) in [4.78, 5) is 0. The van der Waals surface area contributed by atoms with Gasteiger partial charge in [-0.25, -0.2) is 8.78 Å². The smallest absolute Gasteiger partial charge is 0.201 e. The van der Waals surface area contributed by atoms with Gasteiger partial charge in [0.25, 0.3) is 0 Å². The molecule has 0 spiro atoms. The highest BCUT2D eigenvalue weighted by Gasteiger charge is 2.35. The normalized spacial score (nSPS) is 12.0. The van der Waals surface area contributed by atoms with E-state index in [4.69, 9.17) is 34.8 Å². The molecule has 0 unspecified atom stereocenters. The van der Waals surface area contributed by atoms with Gasteiger partial charge in [0.05, 0.1) is 5.92 Å². The van der Waals surface area contributed by atoms with Crippen molar-refractivity contribution >= 4 is 34.8 Å². The largest absolute Gasteiger partial charge is 0.207 e. The fourth-order valence-electron chi connectivity index (χ4n) is 2.15. The van der Waals surface area contributed by atoms with Crippen molar-refractivity contribution in [2.24, 2.45) is 0 Å². The summed E-state index contributed by atoms with van der Waals surface area (Å²) < 4.78 is 25.8. The van der Waals surface area contributed by atoms with Gasteiger partial charge in [0, 0.05) is 0 Å². The molecule has 0 aromatic heterocycles. The Morgan fingerprint density at radius 3 is 1.48 bits per heavy atom. The Bertz CT molecular complexity index is 612. The molecule has 0 saturated heterocycles. The van der Waals surface area contributed by atoms with Crippen LogP contribution in [0.25, 0.3) is 0 Å². The monoisotopic (exact) mass is 348 g/mol. The maximum Gasteiger partial charge on any atom is 0.201 e. The zero-order valence-corrected chi connectivity index (χ0v) is 13.7. The van der Waals surface area contributed by atoms with Crippen LogP contribution in [0.3, 0.4) is 0 Å². The number of hydrogen-bond donors (Lipinski definition) is 0. The second kappa shape index (κ2) is 6.12. The van der Waals surface area contributed by atoms with Gasteiger partial charge < -0.3 is 0 Å². The van der Waals surface area contributed by atoms with E-state index in [2.05, 4.69) is 0 Å². The van der Waals surface area contributed by atoms with E-state index in [0.29, 0.717) is 22.3 Å². The molecule has 2 aromatic carbocycles. The van der Waals surface area contributed by atoms with E-state index in [1.165, 1.54) is 12.1 Å². The fourth-order valence-corrected chi connectivity index (χ4v) is 2.90. The average molecular weight is 350 g/mol. The molecule has 0 N–H and O–H groups in total. The number of benzene rings is 2. The molecule has 0 amide bonds. The SMILES string of the molecule is Cc1ccc(C(c2ccc(C)c(F)c2)C(Cl)(Cl)Cl)cc1F. The van der Waals surface area contributed by atoms with Gasteiger partial charge in [-0.2, -0.15) is 0 Å². The van der Waals surface area contributed by atoms with E-state index in [1.807, 2.05) is 0 Å². The Balaban J connectivity index is 2.58. The summed E-state index contributed by atoms with van der Waals surface area (Å²) >= 11 is 18.1. The average Bonchev–Trinajstić information content (AvgIpc) is 2.37. The van der Waals surface area contributed by atoms with Crippen LogP contribution in [0.4, 0.5) is 8.78 Å². The van der Waals surface area contributed by atoms with Crippen LogP contribution in [0.15, 0.2) is 36.4 Å². The number of hydrogen-bond acceptors (Lipinski definition) is 0. The third-order valence-corrected chi connectivity index (χ3v) is 4.04. The lowest BCUT2D eigenvalue weighted by Gasteiger charge is -2.26. The van der Waals surface area contributed by atoms with Crippen molar-refractivity contribution in [1.82, 2.24) is 0 Å². The maximum atomic E-state index is 13.8. The second-order valence-electron chi connectivity index (χ2n) is 4.99. The molecule has 0 aliphatic heterocycles. The number of halogens is 5. The standard InChI is InChI=1S/C16H13Cl3F2/c1-9-3-5-11(7-13(9)20)15(16(17,18)19)12-6-4-10(2)14(21)8-12/h3-8,15H,1-2H3. The minimum atomic E-state index is -1.72. The molecule has 2 rings (SSSR count). The van der Waals surface area contributed by atoms with Gasteiger partial charge >= 0.3 is 0 Å². The van der Waals surface area contributed by atoms with Crippen LogP contribution < -0.4 is 0 Å². The summed E-state index contributed by atoms with van der Waals surface area (Å²) in [6, 6.07) is 9.22. The second-order valence-corrected chi connectivity index (χ2v) is 7.36. The van der Waals surface area contributed by atoms with Crippen LogP contribution in [-0.4, -0.2) is 3.79 Å². The van der Waals surface area contributed by atoms with Crippen LogP contribution in [-0.2, 0) is 0 Å². The minimum Gasteiger partial charge on any atom is -0.207 e. The van der Waals surface area contributed by atoms with Gasteiger partial charge in [-0.1, -0.05) is 59.1 Å². The third kappa shape index (κ3) is 3.68. The van der Waals surface area contributed by atoms with E-state index in [9.17, 15) is 8.78 Å². The Kier molecular flexibility index (Phi) is 4.82. The van der Waals surface area contributed by atoms with Crippen LogP contribution >= 0.6 is 34.8 Å². The van der Waals surface area contributed by atoms with Crippen molar-refractivity contribution in [3.63, 3.8) is 0 Å². The lowest BCUT2D eigenvalue weighted by Crippen LogP contribution is -2.19. The highest BCUT2D eigenvalue weighted by atomic mass is 35.6. The first kappa shape index (κ1) is 16.5. The first-order valence-electron chi connectivity index (χ1n) is 6.29. The van der Waals surface area contributed by atoms with Crippen LogP contribution in [0.2, 0.25) is 0 Å². The number of rotatable bonds is 2. The van der Waals surface area contributed by atoms with Crippen LogP contribution in [0, 0.1) is 25.5 Å². The summed E-state index contributed by atoms with van der Waals surface area (Å²) in [7, 11) is 0. The van der Waals surface area contributed by atoms with Crippen LogP contribution in [0.5, 0.6) is 0 Å². The molecule has 0 bridgehead atoms.